The molecule has 0 unspecified atom stereocenters. The summed E-state index contributed by atoms with van der Waals surface area (Å²) in [5.41, 5.74) is 0. The van der Waals surface area contributed by atoms with E-state index in [1.54, 1.807) is 7.11 Å². The van der Waals surface area contributed by atoms with Crippen molar-refractivity contribution in [1.82, 2.24) is 9.80 Å². The van der Waals surface area contributed by atoms with Crippen LogP contribution < -0.4 is 0 Å². The Balaban J connectivity index is 2.00. The predicted molar refractivity (Wildman–Crippen MR) is 60.3 cm³/mol. The van der Waals surface area contributed by atoms with E-state index in [9.17, 15) is 0 Å². The number of likely N-dealkylation sites (tertiary alicyclic amines) is 1. The van der Waals surface area contributed by atoms with Gasteiger partial charge in [0.15, 0.2) is 0 Å². The molecule has 0 spiro atoms. The number of hydrogen-bond donors (Lipinski definition) is 0. The smallest absolute Gasteiger partial charge is 0.350 e. The summed E-state index contributed by atoms with van der Waals surface area (Å²) >= 11 is 0. The van der Waals surface area contributed by atoms with E-state index in [0.29, 0.717) is 0 Å². The first kappa shape index (κ1) is 10.7. The van der Waals surface area contributed by atoms with Crippen LogP contribution in [-0.4, -0.2) is 73.8 Å². The zero-order valence-electron chi connectivity index (χ0n) is 9.91. The molecule has 0 saturated carbocycles. The summed E-state index contributed by atoms with van der Waals surface area (Å²) in [6.07, 6.45) is 2.69. The number of rotatable bonds is 3. The Bertz CT molecular complexity index is 246. The summed E-state index contributed by atoms with van der Waals surface area (Å²) in [5.74, 6) is 1.42. The molecule has 0 aromatic rings. The number of methoxy groups -OCH3 is 1. The Labute approximate surface area is 92.1 Å². The van der Waals surface area contributed by atoms with E-state index in [1.165, 1.54) is 31.9 Å². The van der Waals surface area contributed by atoms with E-state index < -0.39 is 0 Å². The van der Waals surface area contributed by atoms with Crippen molar-refractivity contribution in [3.8, 4) is 0 Å². The Morgan fingerprint density at radius 2 is 2.00 bits per heavy atom. The van der Waals surface area contributed by atoms with Gasteiger partial charge in [-0.25, -0.2) is 0 Å². The topological polar surface area (TPSA) is 18.7 Å². The van der Waals surface area contributed by atoms with Crippen molar-refractivity contribution in [2.24, 2.45) is 0 Å². The molecule has 4 nitrogen and oxygen atoms in total. The van der Waals surface area contributed by atoms with Crippen LogP contribution in [0.4, 0.5) is 0 Å². The van der Waals surface area contributed by atoms with Crippen molar-refractivity contribution in [2.75, 3.05) is 53.5 Å². The van der Waals surface area contributed by atoms with E-state index in [1.807, 2.05) is 0 Å². The van der Waals surface area contributed by atoms with Crippen molar-refractivity contribution in [2.45, 2.75) is 12.8 Å². The predicted octanol–water partition coefficient (Wildman–Crippen LogP) is 0.0425. The second-order valence-electron chi connectivity index (χ2n) is 4.40. The van der Waals surface area contributed by atoms with Crippen LogP contribution in [0.2, 0.25) is 0 Å². The first-order valence-electron chi connectivity index (χ1n) is 5.90. The fourth-order valence-electron chi connectivity index (χ4n) is 2.48. The largest absolute Gasteiger partial charge is 0.381 e. The monoisotopic (exact) mass is 212 g/mol. The van der Waals surface area contributed by atoms with Gasteiger partial charge < -0.3 is 4.74 Å². The van der Waals surface area contributed by atoms with Gasteiger partial charge in [-0.15, -0.1) is 0 Å². The van der Waals surface area contributed by atoms with Gasteiger partial charge in [0.1, 0.15) is 0 Å². The van der Waals surface area contributed by atoms with Crippen LogP contribution in [0, 0.1) is 0 Å². The van der Waals surface area contributed by atoms with Gasteiger partial charge in [-0.3, -0.25) is 14.4 Å². The molecule has 0 radical (unpaired) electrons. The van der Waals surface area contributed by atoms with Crippen molar-refractivity contribution in [3.63, 3.8) is 0 Å². The second-order valence-corrected chi connectivity index (χ2v) is 4.40. The molecule has 0 aromatic heterocycles. The highest BCUT2D eigenvalue weighted by molar-refractivity contribution is 5.76. The average molecular weight is 212 g/mol. The highest BCUT2D eigenvalue weighted by atomic mass is 16.5. The summed E-state index contributed by atoms with van der Waals surface area (Å²) in [6, 6.07) is 0. The molecule has 15 heavy (non-hydrogen) atoms. The van der Waals surface area contributed by atoms with E-state index in [2.05, 4.69) is 21.4 Å². The Kier molecular flexibility index (Phi) is 3.46. The third-order valence-corrected chi connectivity index (χ3v) is 3.28. The minimum Gasteiger partial charge on any atom is -0.381 e. The average Bonchev–Trinajstić information content (AvgIpc) is 2.84. The molecule has 0 bridgehead atoms. The van der Waals surface area contributed by atoms with Gasteiger partial charge in [-0.2, -0.15) is 0 Å². The molecular formula is C11H22N3O+. The van der Waals surface area contributed by atoms with E-state index in [-0.39, 0.29) is 0 Å². The minimum absolute atomic E-state index is 0.825. The summed E-state index contributed by atoms with van der Waals surface area (Å²) in [6.45, 7) is 6.59. The lowest BCUT2D eigenvalue weighted by Crippen LogP contribution is -2.44. The maximum absolute atomic E-state index is 5.16. The minimum atomic E-state index is 0.825. The Morgan fingerprint density at radius 1 is 1.27 bits per heavy atom. The van der Waals surface area contributed by atoms with Gasteiger partial charge in [0.05, 0.1) is 46.4 Å². The molecule has 0 aliphatic carbocycles. The summed E-state index contributed by atoms with van der Waals surface area (Å²) in [4.78, 5) is 4.97. The Hall–Kier alpha value is -0.770. The van der Waals surface area contributed by atoms with Crippen LogP contribution in [0.3, 0.4) is 0 Å². The van der Waals surface area contributed by atoms with Crippen LogP contribution >= 0.6 is 0 Å². The highest BCUT2D eigenvalue weighted by Crippen LogP contribution is 2.13. The SMILES string of the molecule is COCCN1CC[N+](C)=C1N1CCCC1. The molecule has 2 aliphatic heterocycles. The lowest BCUT2D eigenvalue weighted by molar-refractivity contribution is -0.491. The quantitative estimate of drug-likeness (QED) is 0.616. The van der Waals surface area contributed by atoms with Gasteiger partial charge in [-0.05, 0) is 12.8 Å². The first-order chi connectivity index (χ1) is 7.33. The highest BCUT2D eigenvalue weighted by Gasteiger charge is 2.34. The van der Waals surface area contributed by atoms with Crippen LogP contribution in [0.15, 0.2) is 0 Å². The molecule has 1 saturated heterocycles. The zero-order valence-corrected chi connectivity index (χ0v) is 9.91. The van der Waals surface area contributed by atoms with Gasteiger partial charge in [0.2, 0.25) is 0 Å². The molecule has 0 atom stereocenters. The molecule has 2 rings (SSSR count). The molecule has 1 fully saturated rings. The van der Waals surface area contributed by atoms with Crippen LogP contribution in [0.25, 0.3) is 0 Å². The standard InChI is InChI=1S/C11H22N3O/c1-12-7-8-14(9-10-15-2)11(12)13-5-3-4-6-13/h3-10H2,1-2H3/q+1. The normalized spacial score (nSPS) is 22.0. The third-order valence-electron chi connectivity index (χ3n) is 3.28. The fourth-order valence-corrected chi connectivity index (χ4v) is 2.48. The molecular weight excluding hydrogens is 190 g/mol. The van der Waals surface area contributed by atoms with Gasteiger partial charge in [0, 0.05) is 7.11 Å². The van der Waals surface area contributed by atoms with E-state index in [4.69, 9.17) is 4.74 Å². The summed E-state index contributed by atoms with van der Waals surface area (Å²) < 4.78 is 7.53. The summed E-state index contributed by atoms with van der Waals surface area (Å²) in [5, 5.41) is 0. The van der Waals surface area contributed by atoms with Crippen molar-refractivity contribution >= 4 is 5.96 Å². The first-order valence-corrected chi connectivity index (χ1v) is 5.90. The maximum Gasteiger partial charge on any atom is 0.350 e. The lowest BCUT2D eigenvalue weighted by Gasteiger charge is -2.20. The van der Waals surface area contributed by atoms with Gasteiger partial charge in [-0.1, -0.05) is 0 Å². The lowest BCUT2D eigenvalue weighted by atomic mass is 10.4. The van der Waals surface area contributed by atoms with Crippen molar-refractivity contribution in [1.29, 1.82) is 0 Å². The van der Waals surface area contributed by atoms with Crippen LogP contribution in [0.1, 0.15) is 12.8 Å². The molecule has 0 amide bonds. The van der Waals surface area contributed by atoms with E-state index >= 15 is 0 Å². The second kappa shape index (κ2) is 4.84. The number of ether oxygens (including phenoxy) is 1. The Morgan fingerprint density at radius 3 is 2.67 bits per heavy atom. The maximum atomic E-state index is 5.16. The van der Waals surface area contributed by atoms with Crippen molar-refractivity contribution < 1.29 is 9.31 Å². The molecule has 4 heteroatoms. The fraction of sp³-hybridized carbons (Fsp3) is 0.909. The van der Waals surface area contributed by atoms with Gasteiger partial charge in [0.25, 0.3) is 0 Å². The molecule has 2 heterocycles. The molecule has 86 valence electrons. The molecule has 0 aromatic carbocycles. The number of likely N-dealkylation sites (N-methyl/N-ethyl adjacent to an activating group) is 1. The molecule has 0 N–H and O–H groups in total. The van der Waals surface area contributed by atoms with Crippen molar-refractivity contribution in [3.05, 3.63) is 0 Å². The van der Waals surface area contributed by atoms with Crippen LogP contribution in [-0.2, 0) is 4.74 Å². The number of guanidine groups is 1. The molecule has 2 aliphatic rings. The zero-order chi connectivity index (χ0) is 10.7. The van der Waals surface area contributed by atoms with E-state index in [0.717, 1.165) is 26.2 Å². The van der Waals surface area contributed by atoms with Gasteiger partial charge >= 0.3 is 5.96 Å². The number of hydrogen-bond acceptors (Lipinski definition) is 3. The summed E-state index contributed by atoms with van der Waals surface area (Å²) in [7, 11) is 3.97. The van der Waals surface area contributed by atoms with Crippen LogP contribution in [0.5, 0.6) is 0 Å². The third kappa shape index (κ3) is 2.25. The number of nitrogens with zero attached hydrogens (tertiary/aromatic N) is 3.